The Balaban J connectivity index is 1.75. The van der Waals surface area contributed by atoms with Crippen LogP contribution in [0, 0.1) is 0 Å². The van der Waals surface area contributed by atoms with Gasteiger partial charge in [0.25, 0.3) is 0 Å². The molecular formula is C31H41N3O6. The molecule has 2 aromatic carbocycles. The van der Waals surface area contributed by atoms with Crippen molar-refractivity contribution >= 4 is 17.6 Å². The number of benzene rings is 2. The molecule has 40 heavy (non-hydrogen) atoms. The summed E-state index contributed by atoms with van der Waals surface area (Å²) in [5.74, 6) is -0.0643. The highest BCUT2D eigenvalue weighted by Gasteiger charge is 2.50. The lowest BCUT2D eigenvalue weighted by Crippen LogP contribution is -2.54. The number of carbonyl (C=O) groups is 3. The number of aryl methyl sites for hydroxylation is 1. The van der Waals surface area contributed by atoms with Crippen molar-refractivity contribution in [3.8, 4) is 5.75 Å². The van der Waals surface area contributed by atoms with Gasteiger partial charge < -0.3 is 30.2 Å². The minimum Gasteiger partial charge on any atom is -0.497 e. The molecular weight excluding hydrogens is 510 g/mol. The van der Waals surface area contributed by atoms with Crippen molar-refractivity contribution in [2.45, 2.75) is 63.8 Å². The Morgan fingerprint density at radius 1 is 1.00 bits per heavy atom. The van der Waals surface area contributed by atoms with Crippen molar-refractivity contribution in [1.82, 2.24) is 16.0 Å². The third kappa shape index (κ3) is 9.20. The molecule has 1 fully saturated rings. The van der Waals surface area contributed by atoms with E-state index in [0.717, 1.165) is 11.1 Å². The van der Waals surface area contributed by atoms with Gasteiger partial charge in [-0.2, -0.15) is 0 Å². The lowest BCUT2D eigenvalue weighted by Gasteiger charge is -2.27. The molecule has 3 N–H and O–H groups in total. The second kappa shape index (κ2) is 14.6. The highest BCUT2D eigenvalue weighted by Crippen LogP contribution is 2.29. The van der Waals surface area contributed by atoms with E-state index >= 15 is 0 Å². The van der Waals surface area contributed by atoms with E-state index in [1.165, 1.54) is 0 Å². The SMILES string of the molecule is C=C(N[C@@H](Cc1ccc(OC)cc1)C(=O)N[C@@H](CCc1ccccc1)C(=O)[C@@]1(C)CO1)[C@H](C)NC(=O)COCC. The van der Waals surface area contributed by atoms with E-state index in [-0.39, 0.29) is 24.2 Å². The normalized spacial score (nSPS) is 18.1. The molecule has 2 amide bonds. The molecule has 3 rings (SSSR count). The summed E-state index contributed by atoms with van der Waals surface area (Å²) in [6.07, 6.45) is 1.38. The highest BCUT2D eigenvalue weighted by atomic mass is 16.6. The number of hydrogen-bond donors (Lipinski definition) is 3. The fourth-order valence-electron chi connectivity index (χ4n) is 4.24. The maximum absolute atomic E-state index is 13.7. The average Bonchev–Trinajstić information content (AvgIpc) is 3.72. The van der Waals surface area contributed by atoms with Crippen LogP contribution in [-0.4, -0.2) is 68.3 Å². The highest BCUT2D eigenvalue weighted by molar-refractivity contribution is 5.97. The summed E-state index contributed by atoms with van der Waals surface area (Å²) in [5, 5.41) is 9.00. The van der Waals surface area contributed by atoms with Gasteiger partial charge in [-0.05, 0) is 56.9 Å². The van der Waals surface area contributed by atoms with Crippen molar-refractivity contribution < 1.29 is 28.6 Å². The molecule has 2 aromatic rings. The first kappa shape index (κ1) is 30.8. The zero-order valence-electron chi connectivity index (χ0n) is 23.8. The quantitative estimate of drug-likeness (QED) is 0.259. The summed E-state index contributed by atoms with van der Waals surface area (Å²) in [7, 11) is 1.59. The molecule has 216 valence electrons. The summed E-state index contributed by atoms with van der Waals surface area (Å²) in [4.78, 5) is 39.2. The van der Waals surface area contributed by atoms with E-state index in [0.29, 0.717) is 43.9 Å². The molecule has 0 radical (unpaired) electrons. The van der Waals surface area contributed by atoms with Crippen LogP contribution in [0.3, 0.4) is 0 Å². The van der Waals surface area contributed by atoms with Crippen LogP contribution in [0.25, 0.3) is 0 Å². The van der Waals surface area contributed by atoms with Crippen LogP contribution < -0.4 is 20.7 Å². The Morgan fingerprint density at radius 2 is 1.68 bits per heavy atom. The third-order valence-corrected chi connectivity index (χ3v) is 6.91. The lowest BCUT2D eigenvalue weighted by atomic mass is 9.94. The molecule has 0 aromatic heterocycles. The Labute approximate surface area is 236 Å². The maximum atomic E-state index is 13.7. The van der Waals surface area contributed by atoms with Gasteiger partial charge in [0.2, 0.25) is 11.8 Å². The second-order valence-corrected chi connectivity index (χ2v) is 10.2. The van der Waals surface area contributed by atoms with Gasteiger partial charge in [-0.15, -0.1) is 0 Å². The Kier molecular flexibility index (Phi) is 11.3. The largest absolute Gasteiger partial charge is 0.497 e. The van der Waals surface area contributed by atoms with Gasteiger partial charge in [0.1, 0.15) is 24.0 Å². The van der Waals surface area contributed by atoms with Crippen LogP contribution in [0.4, 0.5) is 0 Å². The number of carbonyl (C=O) groups excluding carboxylic acids is 3. The molecule has 9 nitrogen and oxygen atoms in total. The minimum absolute atomic E-state index is 0.0596. The van der Waals surface area contributed by atoms with Crippen LogP contribution in [0.15, 0.2) is 66.9 Å². The summed E-state index contributed by atoms with van der Waals surface area (Å²) in [6, 6.07) is 15.3. The van der Waals surface area contributed by atoms with E-state index in [9.17, 15) is 14.4 Å². The van der Waals surface area contributed by atoms with E-state index in [4.69, 9.17) is 14.2 Å². The predicted molar refractivity (Wildman–Crippen MR) is 153 cm³/mol. The van der Waals surface area contributed by atoms with Crippen LogP contribution >= 0.6 is 0 Å². The monoisotopic (exact) mass is 551 g/mol. The summed E-state index contributed by atoms with van der Waals surface area (Å²) < 4.78 is 15.8. The second-order valence-electron chi connectivity index (χ2n) is 10.2. The number of epoxide rings is 1. The Morgan fingerprint density at radius 3 is 2.27 bits per heavy atom. The minimum atomic E-state index is -0.878. The predicted octanol–water partition coefficient (Wildman–Crippen LogP) is 2.73. The fourth-order valence-corrected chi connectivity index (χ4v) is 4.24. The number of methoxy groups -OCH3 is 1. The lowest BCUT2D eigenvalue weighted by molar-refractivity contribution is -0.131. The Hall–Kier alpha value is -3.69. The number of rotatable bonds is 17. The molecule has 9 heteroatoms. The number of nitrogens with one attached hydrogen (secondary N) is 3. The molecule has 0 spiro atoms. The summed E-state index contributed by atoms with van der Waals surface area (Å²) >= 11 is 0. The van der Waals surface area contributed by atoms with Crippen molar-refractivity contribution in [2.24, 2.45) is 0 Å². The van der Waals surface area contributed by atoms with Crippen LogP contribution in [0.1, 0.15) is 38.3 Å². The first-order chi connectivity index (χ1) is 19.1. The van der Waals surface area contributed by atoms with Crippen molar-refractivity contribution in [2.75, 3.05) is 26.9 Å². The van der Waals surface area contributed by atoms with Crippen molar-refractivity contribution in [3.63, 3.8) is 0 Å². The molecule has 4 atom stereocenters. The van der Waals surface area contributed by atoms with Crippen LogP contribution in [0.2, 0.25) is 0 Å². The van der Waals surface area contributed by atoms with Crippen molar-refractivity contribution in [3.05, 3.63) is 78.0 Å². The van der Waals surface area contributed by atoms with Gasteiger partial charge in [-0.3, -0.25) is 14.4 Å². The van der Waals surface area contributed by atoms with E-state index in [2.05, 4.69) is 22.5 Å². The number of Topliss-reactive ketones (excluding diaryl/α,β-unsaturated/α-hetero) is 1. The van der Waals surface area contributed by atoms with E-state index in [1.807, 2.05) is 61.5 Å². The first-order valence-electron chi connectivity index (χ1n) is 13.6. The molecule has 1 aliphatic rings. The summed E-state index contributed by atoms with van der Waals surface area (Å²) in [6.45, 7) is 10.1. The molecule has 0 saturated carbocycles. The molecule has 0 bridgehead atoms. The van der Waals surface area contributed by atoms with Gasteiger partial charge in [0.05, 0.1) is 25.8 Å². The van der Waals surface area contributed by atoms with E-state index in [1.54, 1.807) is 21.0 Å². The topological polar surface area (TPSA) is 118 Å². The van der Waals surface area contributed by atoms with Crippen LogP contribution in [-0.2, 0) is 36.7 Å². The summed E-state index contributed by atoms with van der Waals surface area (Å²) in [5.41, 5.74) is 1.55. The molecule has 1 saturated heterocycles. The molecule has 1 aliphatic heterocycles. The number of ether oxygens (including phenoxy) is 3. The smallest absolute Gasteiger partial charge is 0.246 e. The first-order valence-corrected chi connectivity index (χ1v) is 13.6. The number of ketones is 1. The molecule has 1 heterocycles. The standard InChI is InChI=1S/C31H41N3O6/c1-6-39-19-28(35)33-22(3)21(2)32-27(18-24-12-15-25(38-5)16-13-24)30(37)34-26(29(36)31(4)20-40-31)17-14-23-10-8-7-9-11-23/h7-13,15-16,22,26-27,32H,2,6,14,17-20H2,1,3-5H3,(H,33,35)(H,34,37)/t22-,26-,27-,31+/m0/s1. The van der Waals surface area contributed by atoms with Gasteiger partial charge in [-0.1, -0.05) is 49.0 Å². The molecule has 0 aliphatic carbocycles. The zero-order valence-corrected chi connectivity index (χ0v) is 23.8. The molecule has 0 unspecified atom stereocenters. The fraction of sp³-hybridized carbons (Fsp3) is 0.452. The zero-order chi connectivity index (χ0) is 29.1. The Bertz CT molecular complexity index is 1150. The van der Waals surface area contributed by atoms with E-state index < -0.39 is 23.7 Å². The average molecular weight is 552 g/mol. The van der Waals surface area contributed by atoms with Gasteiger partial charge in [0.15, 0.2) is 5.78 Å². The number of hydrogen-bond acceptors (Lipinski definition) is 7. The van der Waals surface area contributed by atoms with Crippen LogP contribution in [0.5, 0.6) is 5.75 Å². The van der Waals surface area contributed by atoms with Gasteiger partial charge in [0, 0.05) is 18.7 Å². The van der Waals surface area contributed by atoms with Crippen molar-refractivity contribution in [1.29, 1.82) is 0 Å². The third-order valence-electron chi connectivity index (χ3n) is 6.91. The van der Waals surface area contributed by atoms with Gasteiger partial charge in [-0.25, -0.2) is 0 Å². The number of amides is 2. The maximum Gasteiger partial charge on any atom is 0.246 e. The van der Waals surface area contributed by atoms with Gasteiger partial charge >= 0.3 is 0 Å².